The molecule has 5 nitrogen and oxygen atoms in total. The van der Waals surface area contributed by atoms with E-state index in [-0.39, 0.29) is 5.91 Å². The van der Waals surface area contributed by atoms with Crippen LogP contribution in [-0.4, -0.2) is 35.6 Å². The molecule has 3 rings (SSSR count). The third kappa shape index (κ3) is 4.71. The third-order valence-electron chi connectivity index (χ3n) is 5.05. The number of aromatic nitrogens is 1. The van der Waals surface area contributed by atoms with Gasteiger partial charge in [0, 0.05) is 31.6 Å². The molecule has 0 saturated carbocycles. The second-order valence-corrected chi connectivity index (χ2v) is 7.75. The molecule has 1 saturated heterocycles. The minimum absolute atomic E-state index is 0.175. The Bertz CT molecular complexity index is 733. The zero-order chi connectivity index (χ0) is 19.2. The summed E-state index contributed by atoms with van der Waals surface area (Å²) in [5.41, 5.74) is 2.92. The van der Waals surface area contributed by atoms with Crippen LogP contribution in [-0.2, 0) is 11.3 Å². The molecule has 0 aliphatic carbocycles. The van der Waals surface area contributed by atoms with Crippen LogP contribution in [0.5, 0.6) is 0 Å². The van der Waals surface area contributed by atoms with Crippen LogP contribution in [0.3, 0.4) is 0 Å². The summed E-state index contributed by atoms with van der Waals surface area (Å²) in [6, 6.07) is 10.1. The van der Waals surface area contributed by atoms with Crippen LogP contribution < -0.4 is 4.90 Å². The van der Waals surface area contributed by atoms with Gasteiger partial charge in [0.2, 0.25) is 11.8 Å². The topological polar surface area (TPSA) is 49.6 Å². The van der Waals surface area contributed by atoms with Gasteiger partial charge in [-0.2, -0.15) is 0 Å². The predicted molar refractivity (Wildman–Crippen MR) is 109 cm³/mol. The van der Waals surface area contributed by atoms with E-state index in [0.29, 0.717) is 18.9 Å². The van der Waals surface area contributed by atoms with Crippen molar-refractivity contribution in [2.75, 3.05) is 24.5 Å². The Labute approximate surface area is 162 Å². The molecule has 0 bridgehead atoms. The van der Waals surface area contributed by atoms with E-state index < -0.39 is 0 Å². The lowest BCUT2D eigenvalue weighted by Gasteiger charge is -2.29. The summed E-state index contributed by atoms with van der Waals surface area (Å²) in [6.45, 7) is 9.48. The van der Waals surface area contributed by atoms with Gasteiger partial charge in [-0.05, 0) is 25.2 Å². The SMILES string of the molecule is CCC(=O)N(Cc1c(-c2ccccc2)noc1N1CCCCC1)CC(C)C. The fourth-order valence-electron chi connectivity index (χ4n) is 3.72. The predicted octanol–water partition coefficient (Wildman–Crippen LogP) is 4.73. The lowest BCUT2D eigenvalue weighted by Crippen LogP contribution is -2.35. The van der Waals surface area contributed by atoms with Gasteiger partial charge in [0.05, 0.1) is 12.1 Å². The van der Waals surface area contributed by atoms with Gasteiger partial charge in [-0.15, -0.1) is 0 Å². The number of piperidine rings is 1. The lowest BCUT2D eigenvalue weighted by atomic mass is 10.0. The van der Waals surface area contributed by atoms with Gasteiger partial charge in [0.15, 0.2) is 0 Å². The van der Waals surface area contributed by atoms with Crippen LogP contribution in [0.25, 0.3) is 11.3 Å². The van der Waals surface area contributed by atoms with Crippen molar-refractivity contribution < 1.29 is 9.32 Å². The number of hydrogen-bond acceptors (Lipinski definition) is 4. The Morgan fingerprint density at radius 3 is 2.52 bits per heavy atom. The fraction of sp³-hybridized carbons (Fsp3) is 0.545. The van der Waals surface area contributed by atoms with Crippen molar-refractivity contribution in [1.29, 1.82) is 0 Å². The van der Waals surface area contributed by atoms with Gasteiger partial charge >= 0.3 is 0 Å². The molecule has 1 aromatic heterocycles. The number of carbonyl (C=O) groups is 1. The number of hydrogen-bond donors (Lipinski definition) is 0. The summed E-state index contributed by atoms with van der Waals surface area (Å²) < 4.78 is 5.85. The summed E-state index contributed by atoms with van der Waals surface area (Å²) in [5.74, 6) is 1.43. The number of carbonyl (C=O) groups excluding carboxylic acids is 1. The van der Waals surface area contributed by atoms with E-state index in [0.717, 1.165) is 42.3 Å². The zero-order valence-corrected chi connectivity index (χ0v) is 16.8. The molecule has 0 atom stereocenters. The van der Waals surface area contributed by atoms with Crippen LogP contribution in [0.4, 0.5) is 5.88 Å². The summed E-state index contributed by atoms with van der Waals surface area (Å²) in [6.07, 6.45) is 4.12. The molecular weight excluding hydrogens is 338 g/mol. The minimum Gasteiger partial charge on any atom is -0.340 e. The van der Waals surface area contributed by atoms with Crippen molar-refractivity contribution in [2.24, 2.45) is 5.92 Å². The average molecular weight is 370 g/mol. The van der Waals surface area contributed by atoms with Crippen LogP contribution >= 0.6 is 0 Å². The molecule has 1 aromatic carbocycles. The first-order chi connectivity index (χ1) is 13.1. The van der Waals surface area contributed by atoms with Gasteiger partial charge < -0.3 is 14.3 Å². The molecule has 1 aliphatic rings. The largest absolute Gasteiger partial charge is 0.340 e. The first-order valence-electron chi connectivity index (χ1n) is 10.2. The summed E-state index contributed by atoms with van der Waals surface area (Å²) in [4.78, 5) is 16.8. The Morgan fingerprint density at radius 2 is 1.89 bits per heavy atom. The molecule has 5 heteroatoms. The van der Waals surface area contributed by atoms with Crippen molar-refractivity contribution in [1.82, 2.24) is 10.1 Å². The highest BCUT2D eigenvalue weighted by atomic mass is 16.5. The van der Waals surface area contributed by atoms with Crippen molar-refractivity contribution in [2.45, 2.75) is 53.0 Å². The molecule has 0 unspecified atom stereocenters. The van der Waals surface area contributed by atoms with E-state index in [1.165, 1.54) is 19.3 Å². The maximum Gasteiger partial charge on any atom is 0.232 e. The van der Waals surface area contributed by atoms with Crippen LogP contribution in [0.1, 0.15) is 52.0 Å². The van der Waals surface area contributed by atoms with E-state index >= 15 is 0 Å². The Balaban J connectivity index is 1.98. The highest BCUT2D eigenvalue weighted by Crippen LogP contribution is 2.34. The van der Waals surface area contributed by atoms with Crippen molar-refractivity contribution in [3.63, 3.8) is 0 Å². The smallest absolute Gasteiger partial charge is 0.232 e. The first kappa shape index (κ1) is 19.5. The van der Waals surface area contributed by atoms with Crippen LogP contribution in [0.2, 0.25) is 0 Å². The lowest BCUT2D eigenvalue weighted by molar-refractivity contribution is -0.132. The molecule has 1 fully saturated rings. The van der Waals surface area contributed by atoms with Crippen molar-refractivity contribution >= 4 is 11.8 Å². The van der Waals surface area contributed by atoms with Crippen molar-refractivity contribution in [3.05, 3.63) is 35.9 Å². The Morgan fingerprint density at radius 1 is 1.19 bits per heavy atom. The standard InChI is InChI=1S/C22H31N3O2/c1-4-20(26)25(15-17(2)3)16-19-21(18-11-7-5-8-12-18)23-27-22(19)24-13-9-6-10-14-24/h5,7-8,11-12,17H,4,6,9-10,13-16H2,1-3H3. The number of nitrogens with zero attached hydrogens (tertiary/aromatic N) is 3. The van der Waals surface area contributed by atoms with Gasteiger partial charge in [-0.1, -0.05) is 56.3 Å². The molecule has 146 valence electrons. The van der Waals surface area contributed by atoms with Gasteiger partial charge in [-0.25, -0.2) is 0 Å². The third-order valence-corrected chi connectivity index (χ3v) is 5.05. The number of amides is 1. The maximum atomic E-state index is 12.6. The monoisotopic (exact) mass is 369 g/mol. The molecule has 0 radical (unpaired) electrons. The molecule has 0 spiro atoms. The summed E-state index contributed by atoms with van der Waals surface area (Å²) >= 11 is 0. The average Bonchev–Trinajstić information content (AvgIpc) is 3.11. The zero-order valence-electron chi connectivity index (χ0n) is 16.8. The number of benzene rings is 1. The minimum atomic E-state index is 0.175. The molecule has 27 heavy (non-hydrogen) atoms. The maximum absolute atomic E-state index is 12.6. The normalized spacial score (nSPS) is 14.6. The molecule has 0 N–H and O–H groups in total. The molecule has 2 aromatic rings. The van der Waals surface area contributed by atoms with Crippen LogP contribution in [0.15, 0.2) is 34.9 Å². The number of anilines is 1. The van der Waals surface area contributed by atoms with Gasteiger partial charge in [0.25, 0.3) is 0 Å². The van der Waals surface area contributed by atoms with E-state index in [2.05, 4.69) is 36.0 Å². The van der Waals surface area contributed by atoms with Gasteiger partial charge in [-0.3, -0.25) is 4.79 Å². The molecule has 2 heterocycles. The van der Waals surface area contributed by atoms with Gasteiger partial charge in [0.1, 0.15) is 5.69 Å². The molecule has 1 aliphatic heterocycles. The van der Waals surface area contributed by atoms with Crippen LogP contribution in [0, 0.1) is 5.92 Å². The van der Waals surface area contributed by atoms with Crippen molar-refractivity contribution in [3.8, 4) is 11.3 Å². The summed E-state index contributed by atoms with van der Waals surface area (Å²) in [5, 5.41) is 4.42. The molecule has 1 amide bonds. The van der Waals surface area contributed by atoms with E-state index in [1.54, 1.807) is 0 Å². The fourth-order valence-corrected chi connectivity index (χ4v) is 3.72. The van der Waals surface area contributed by atoms with E-state index in [9.17, 15) is 4.79 Å². The second-order valence-electron chi connectivity index (χ2n) is 7.75. The Kier molecular flexibility index (Phi) is 6.54. The summed E-state index contributed by atoms with van der Waals surface area (Å²) in [7, 11) is 0. The molecular formula is C22H31N3O2. The number of rotatable bonds is 7. The highest BCUT2D eigenvalue weighted by Gasteiger charge is 2.26. The van der Waals surface area contributed by atoms with E-state index in [1.807, 2.05) is 30.0 Å². The Hall–Kier alpha value is -2.30. The quantitative estimate of drug-likeness (QED) is 0.708. The second kappa shape index (κ2) is 9.07. The highest BCUT2D eigenvalue weighted by molar-refractivity contribution is 5.77. The van der Waals surface area contributed by atoms with E-state index in [4.69, 9.17) is 4.52 Å². The first-order valence-corrected chi connectivity index (χ1v) is 10.2.